The van der Waals surface area contributed by atoms with Gasteiger partial charge in [-0.2, -0.15) is 13.2 Å². The van der Waals surface area contributed by atoms with Crippen molar-refractivity contribution in [3.63, 3.8) is 0 Å². The minimum atomic E-state index is -4.57. The number of aromatic nitrogens is 1. The van der Waals surface area contributed by atoms with Crippen LogP contribution >= 0.6 is 0 Å². The fourth-order valence-electron chi connectivity index (χ4n) is 5.02. The number of hydrogen-bond acceptors (Lipinski definition) is 6. The summed E-state index contributed by atoms with van der Waals surface area (Å²) in [5.74, 6) is 0.699. The molecule has 2 heterocycles. The first-order chi connectivity index (χ1) is 19.7. The number of amides is 1. The van der Waals surface area contributed by atoms with Crippen LogP contribution in [0, 0.1) is 0 Å². The number of alkyl halides is 3. The highest BCUT2D eigenvalue weighted by atomic mass is 19.4. The van der Waals surface area contributed by atoms with E-state index in [0.717, 1.165) is 42.4 Å². The summed E-state index contributed by atoms with van der Waals surface area (Å²) in [6.07, 6.45) is -4.57. The fraction of sp³-hybridized carbons (Fsp3) is 0.290. The summed E-state index contributed by atoms with van der Waals surface area (Å²) in [7, 11) is 1.61. The third-order valence-electron chi connectivity index (χ3n) is 7.29. The van der Waals surface area contributed by atoms with Gasteiger partial charge in [0.15, 0.2) is 0 Å². The summed E-state index contributed by atoms with van der Waals surface area (Å²) < 4.78 is 47.4. The molecule has 1 aliphatic heterocycles. The van der Waals surface area contributed by atoms with Crippen LogP contribution < -0.4 is 15.4 Å². The summed E-state index contributed by atoms with van der Waals surface area (Å²) in [4.78, 5) is 21.9. The molecule has 1 saturated heterocycles. The SMILES string of the molecule is CCN1CCN(Cc2ccc(C(=O)Nc3cccc(Nc4ccc5c(OC)cccc5n4)c3)cc2C(F)(F)F)CC1. The lowest BCUT2D eigenvalue weighted by atomic mass is 10.0. The first kappa shape index (κ1) is 28.4. The van der Waals surface area contributed by atoms with Crippen molar-refractivity contribution in [3.05, 3.63) is 89.5 Å². The Morgan fingerprint density at radius 3 is 2.39 bits per heavy atom. The second-order valence-corrected chi connectivity index (χ2v) is 9.96. The smallest absolute Gasteiger partial charge is 0.416 e. The molecule has 214 valence electrons. The van der Waals surface area contributed by atoms with Crippen LogP contribution in [0.15, 0.2) is 72.8 Å². The van der Waals surface area contributed by atoms with E-state index in [1.54, 1.807) is 25.3 Å². The molecule has 0 unspecified atom stereocenters. The topological polar surface area (TPSA) is 69.7 Å². The number of rotatable bonds is 8. The number of ether oxygens (including phenoxy) is 1. The van der Waals surface area contributed by atoms with Gasteiger partial charge in [-0.3, -0.25) is 9.69 Å². The van der Waals surface area contributed by atoms with E-state index < -0.39 is 17.6 Å². The van der Waals surface area contributed by atoms with Crippen LogP contribution in [-0.2, 0) is 12.7 Å². The Labute approximate surface area is 236 Å². The molecule has 1 aliphatic rings. The summed E-state index contributed by atoms with van der Waals surface area (Å²) in [6.45, 7) is 6.28. The molecule has 0 spiro atoms. The maximum atomic E-state index is 14.0. The Morgan fingerprint density at radius 1 is 0.927 bits per heavy atom. The molecular weight excluding hydrogens is 531 g/mol. The number of anilines is 3. The number of fused-ring (bicyclic) bond motifs is 1. The predicted molar refractivity (Wildman–Crippen MR) is 155 cm³/mol. The highest BCUT2D eigenvalue weighted by Crippen LogP contribution is 2.34. The Kier molecular flexibility index (Phi) is 8.41. The highest BCUT2D eigenvalue weighted by Gasteiger charge is 2.34. The number of pyridine rings is 1. The predicted octanol–water partition coefficient (Wildman–Crippen LogP) is 6.40. The molecular formula is C31H32F3N5O2. The largest absolute Gasteiger partial charge is 0.496 e. The van der Waals surface area contributed by atoms with Gasteiger partial charge in [0.25, 0.3) is 5.91 Å². The van der Waals surface area contributed by atoms with Crippen molar-refractivity contribution in [2.75, 3.05) is 50.5 Å². The summed E-state index contributed by atoms with van der Waals surface area (Å²) in [6, 6.07) is 20.1. The number of likely N-dealkylation sites (N-methyl/N-ethyl adjacent to an activating group) is 1. The molecule has 41 heavy (non-hydrogen) atoms. The molecule has 0 radical (unpaired) electrons. The van der Waals surface area contributed by atoms with Crippen LogP contribution in [0.4, 0.5) is 30.4 Å². The Bertz CT molecular complexity index is 1530. The van der Waals surface area contributed by atoms with Crippen LogP contribution in [0.25, 0.3) is 10.9 Å². The number of benzene rings is 3. The second-order valence-electron chi connectivity index (χ2n) is 9.96. The van der Waals surface area contributed by atoms with Crippen LogP contribution in [0.3, 0.4) is 0 Å². The lowest BCUT2D eigenvalue weighted by Gasteiger charge is -2.34. The van der Waals surface area contributed by atoms with E-state index in [9.17, 15) is 18.0 Å². The van der Waals surface area contributed by atoms with Gasteiger partial charge in [0.1, 0.15) is 11.6 Å². The maximum absolute atomic E-state index is 14.0. The Balaban J connectivity index is 1.29. The number of nitrogens with zero attached hydrogens (tertiary/aromatic N) is 3. The summed E-state index contributed by atoms with van der Waals surface area (Å²) in [5, 5.41) is 6.81. The van der Waals surface area contributed by atoms with Gasteiger partial charge in [-0.05, 0) is 66.7 Å². The first-order valence-corrected chi connectivity index (χ1v) is 13.5. The van der Waals surface area contributed by atoms with E-state index in [0.29, 0.717) is 30.3 Å². The number of nitrogens with one attached hydrogen (secondary N) is 2. The lowest BCUT2D eigenvalue weighted by molar-refractivity contribution is -0.138. The van der Waals surface area contributed by atoms with Gasteiger partial charge in [0, 0.05) is 55.0 Å². The molecule has 2 N–H and O–H groups in total. The van der Waals surface area contributed by atoms with Crippen molar-refractivity contribution < 1.29 is 22.7 Å². The van der Waals surface area contributed by atoms with E-state index in [2.05, 4.69) is 27.4 Å². The molecule has 0 aliphatic carbocycles. The number of methoxy groups -OCH3 is 1. The number of carbonyl (C=O) groups is 1. The molecule has 1 amide bonds. The molecule has 0 bridgehead atoms. The monoisotopic (exact) mass is 563 g/mol. The number of hydrogen-bond donors (Lipinski definition) is 2. The zero-order chi connectivity index (χ0) is 29.0. The third-order valence-corrected chi connectivity index (χ3v) is 7.29. The van der Waals surface area contributed by atoms with Crippen molar-refractivity contribution >= 4 is 34.0 Å². The van der Waals surface area contributed by atoms with Crippen LogP contribution in [-0.4, -0.2) is 60.5 Å². The van der Waals surface area contributed by atoms with Crippen molar-refractivity contribution in [2.45, 2.75) is 19.6 Å². The third kappa shape index (κ3) is 6.78. The van der Waals surface area contributed by atoms with Crippen molar-refractivity contribution in [2.24, 2.45) is 0 Å². The minimum absolute atomic E-state index is 0.0552. The van der Waals surface area contributed by atoms with Crippen molar-refractivity contribution in [3.8, 4) is 5.75 Å². The summed E-state index contributed by atoms with van der Waals surface area (Å²) in [5.41, 5.74) is 1.19. The normalized spacial score (nSPS) is 14.7. The fourth-order valence-corrected chi connectivity index (χ4v) is 5.02. The van der Waals surface area contributed by atoms with Crippen LogP contribution in [0.1, 0.15) is 28.4 Å². The molecule has 0 atom stereocenters. The molecule has 0 saturated carbocycles. The molecule has 1 aromatic heterocycles. The van der Waals surface area contributed by atoms with E-state index in [1.165, 1.54) is 12.1 Å². The van der Waals surface area contributed by atoms with E-state index >= 15 is 0 Å². The number of carbonyl (C=O) groups excluding carboxylic acids is 1. The van der Waals surface area contributed by atoms with Gasteiger partial charge in [-0.15, -0.1) is 0 Å². The highest BCUT2D eigenvalue weighted by molar-refractivity contribution is 6.04. The molecule has 5 rings (SSSR count). The number of piperazine rings is 1. The zero-order valence-corrected chi connectivity index (χ0v) is 23.0. The molecule has 10 heteroatoms. The quantitative estimate of drug-likeness (QED) is 0.259. The Morgan fingerprint density at radius 2 is 1.66 bits per heavy atom. The van der Waals surface area contributed by atoms with Crippen LogP contribution in [0.2, 0.25) is 0 Å². The van der Waals surface area contributed by atoms with Gasteiger partial charge >= 0.3 is 6.18 Å². The first-order valence-electron chi connectivity index (χ1n) is 13.5. The maximum Gasteiger partial charge on any atom is 0.416 e. The van der Waals surface area contributed by atoms with Gasteiger partial charge in [-0.1, -0.05) is 25.1 Å². The molecule has 4 aromatic rings. The number of halogens is 3. The average Bonchev–Trinajstić information content (AvgIpc) is 2.97. The lowest BCUT2D eigenvalue weighted by Crippen LogP contribution is -2.45. The van der Waals surface area contributed by atoms with Crippen molar-refractivity contribution in [1.82, 2.24) is 14.8 Å². The second kappa shape index (κ2) is 12.2. The van der Waals surface area contributed by atoms with E-state index in [-0.39, 0.29) is 17.7 Å². The van der Waals surface area contributed by atoms with Crippen LogP contribution in [0.5, 0.6) is 5.75 Å². The molecule has 1 fully saturated rings. The van der Waals surface area contributed by atoms with Gasteiger partial charge in [0.2, 0.25) is 0 Å². The zero-order valence-electron chi connectivity index (χ0n) is 23.0. The molecule has 3 aromatic carbocycles. The minimum Gasteiger partial charge on any atom is -0.496 e. The van der Waals surface area contributed by atoms with Crippen molar-refractivity contribution in [1.29, 1.82) is 0 Å². The van der Waals surface area contributed by atoms with Gasteiger partial charge < -0.3 is 20.3 Å². The average molecular weight is 564 g/mol. The van der Waals surface area contributed by atoms with E-state index in [1.807, 2.05) is 41.3 Å². The van der Waals surface area contributed by atoms with Gasteiger partial charge in [-0.25, -0.2) is 4.98 Å². The standard InChI is InChI=1S/C31H32F3N5O2/c1-3-38-14-16-39(17-15-38)20-22-11-10-21(18-26(22)31(32,33)34)30(40)36-24-7-4-6-23(19-24)35-29-13-12-25-27(37-29)8-5-9-28(25)41-2/h4-13,18-19H,3,14-17,20H2,1-2H3,(H,35,37)(H,36,40). The van der Waals surface area contributed by atoms with Gasteiger partial charge in [0.05, 0.1) is 18.2 Å². The summed E-state index contributed by atoms with van der Waals surface area (Å²) >= 11 is 0. The Hall–Kier alpha value is -4.15. The molecule has 7 nitrogen and oxygen atoms in total. The van der Waals surface area contributed by atoms with E-state index in [4.69, 9.17) is 4.74 Å².